The molecule has 0 radical (unpaired) electrons. The minimum absolute atomic E-state index is 0.0771. The molecule has 1 N–H and O–H groups in total. The first kappa shape index (κ1) is 13.1. The molecule has 1 fully saturated rings. The molecule has 1 aromatic heterocycles. The van der Waals surface area contributed by atoms with Crippen molar-refractivity contribution in [2.45, 2.75) is 19.0 Å². The number of aliphatic hydroxyl groups excluding tert-OH is 1. The van der Waals surface area contributed by atoms with Gasteiger partial charge in [-0.1, -0.05) is 0 Å². The second-order valence-corrected chi connectivity index (χ2v) is 4.53. The van der Waals surface area contributed by atoms with Crippen LogP contribution in [0.25, 0.3) is 0 Å². The summed E-state index contributed by atoms with van der Waals surface area (Å²) in [5.41, 5.74) is -0.346. The maximum atomic E-state index is 12.6. The van der Waals surface area contributed by atoms with Crippen LogP contribution in [0.2, 0.25) is 0 Å². The van der Waals surface area contributed by atoms with E-state index in [1.807, 2.05) is 4.90 Å². The molecule has 0 spiro atoms. The minimum atomic E-state index is -4.41. The lowest BCUT2D eigenvalue weighted by Crippen LogP contribution is -2.36. The third-order valence-corrected chi connectivity index (χ3v) is 3.18. The summed E-state index contributed by atoms with van der Waals surface area (Å²) in [6, 6.07) is 2.65. The number of alkyl halides is 3. The number of hydrogen-bond donors (Lipinski definition) is 1. The van der Waals surface area contributed by atoms with Crippen molar-refractivity contribution in [3.63, 3.8) is 0 Å². The van der Waals surface area contributed by atoms with E-state index < -0.39 is 11.9 Å². The Kier molecular flexibility index (Phi) is 3.75. The summed E-state index contributed by atoms with van der Waals surface area (Å²) in [6.07, 6.45) is -1.43. The Labute approximate surface area is 103 Å². The van der Waals surface area contributed by atoms with Crippen LogP contribution >= 0.6 is 0 Å². The molecule has 18 heavy (non-hydrogen) atoms. The SMILES string of the molecule is OCC1CCCN(c2ccnc(C(F)(F)F)c2)C1. The molecule has 100 valence electrons. The van der Waals surface area contributed by atoms with E-state index in [-0.39, 0.29) is 12.5 Å². The molecule has 0 amide bonds. The van der Waals surface area contributed by atoms with Crippen LogP contribution in [0.1, 0.15) is 18.5 Å². The molecule has 1 aromatic rings. The van der Waals surface area contributed by atoms with E-state index in [1.165, 1.54) is 6.20 Å². The zero-order valence-corrected chi connectivity index (χ0v) is 9.82. The van der Waals surface area contributed by atoms with Crippen molar-refractivity contribution in [2.24, 2.45) is 5.92 Å². The predicted octanol–water partition coefficient (Wildman–Crippen LogP) is 2.31. The highest BCUT2D eigenvalue weighted by Gasteiger charge is 2.33. The largest absolute Gasteiger partial charge is 0.433 e. The molecular formula is C12H15F3N2O. The van der Waals surface area contributed by atoms with Gasteiger partial charge in [-0.15, -0.1) is 0 Å². The lowest BCUT2D eigenvalue weighted by Gasteiger charge is -2.33. The summed E-state index contributed by atoms with van der Waals surface area (Å²) >= 11 is 0. The number of hydrogen-bond acceptors (Lipinski definition) is 3. The molecule has 0 aliphatic carbocycles. The lowest BCUT2D eigenvalue weighted by molar-refractivity contribution is -0.141. The van der Waals surface area contributed by atoms with E-state index in [2.05, 4.69) is 4.98 Å². The van der Waals surface area contributed by atoms with E-state index in [1.54, 1.807) is 6.07 Å². The van der Waals surface area contributed by atoms with Crippen LogP contribution in [0.4, 0.5) is 18.9 Å². The summed E-state index contributed by atoms with van der Waals surface area (Å²) in [6.45, 7) is 1.39. The topological polar surface area (TPSA) is 36.4 Å². The van der Waals surface area contributed by atoms with Gasteiger partial charge in [-0.2, -0.15) is 13.2 Å². The van der Waals surface area contributed by atoms with E-state index in [4.69, 9.17) is 5.11 Å². The fourth-order valence-corrected chi connectivity index (χ4v) is 2.22. The van der Waals surface area contributed by atoms with E-state index in [9.17, 15) is 13.2 Å². The fourth-order valence-electron chi connectivity index (χ4n) is 2.22. The Balaban J connectivity index is 2.18. The molecule has 2 heterocycles. The van der Waals surface area contributed by atoms with Gasteiger partial charge < -0.3 is 10.0 Å². The first-order chi connectivity index (χ1) is 8.50. The van der Waals surface area contributed by atoms with Crippen LogP contribution in [0.3, 0.4) is 0 Å². The van der Waals surface area contributed by atoms with Crippen molar-refractivity contribution in [1.82, 2.24) is 4.98 Å². The number of aliphatic hydroxyl groups is 1. The molecule has 6 heteroatoms. The predicted molar refractivity (Wildman–Crippen MR) is 61.3 cm³/mol. The summed E-state index contributed by atoms with van der Waals surface area (Å²) in [7, 11) is 0. The number of rotatable bonds is 2. The van der Waals surface area contributed by atoms with Gasteiger partial charge in [0.1, 0.15) is 5.69 Å². The lowest BCUT2D eigenvalue weighted by atomic mass is 9.98. The minimum Gasteiger partial charge on any atom is -0.396 e. The van der Waals surface area contributed by atoms with Crippen LogP contribution < -0.4 is 4.90 Å². The average Bonchev–Trinajstić information content (AvgIpc) is 2.38. The molecule has 1 atom stereocenters. The standard InChI is InChI=1S/C12H15F3N2O/c13-12(14,15)11-6-10(3-4-16-11)17-5-1-2-9(7-17)8-18/h3-4,6,9,18H,1-2,5,7-8H2. The van der Waals surface area contributed by atoms with Crippen LogP contribution in [0.5, 0.6) is 0 Å². The molecular weight excluding hydrogens is 245 g/mol. The van der Waals surface area contributed by atoms with Crippen molar-refractivity contribution in [2.75, 3.05) is 24.6 Å². The van der Waals surface area contributed by atoms with Crippen LogP contribution in [0.15, 0.2) is 18.3 Å². The first-order valence-corrected chi connectivity index (χ1v) is 5.90. The Morgan fingerprint density at radius 2 is 2.22 bits per heavy atom. The third kappa shape index (κ3) is 2.93. The molecule has 2 rings (SSSR count). The zero-order chi connectivity index (χ0) is 13.2. The summed E-state index contributed by atoms with van der Waals surface area (Å²) in [5, 5.41) is 9.12. The van der Waals surface area contributed by atoms with Crippen LogP contribution in [-0.4, -0.2) is 29.8 Å². The molecule has 1 unspecified atom stereocenters. The Morgan fingerprint density at radius 3 is 2.89 bits per heavy atom. The molecule has 3 nitrogen and oxygen atoms in total. The number of nitrogens with zero attached hydrogens (tertiary/aromatic N) is 2. The first-order valence-electron chi connectivity index (χ1n) is 5.90. The highest BCUT2D eigenvalue weighted by atomic mass is 19.4. The van der Waals surface area contributed by atoms with Gasteiger partial charge in [0.15, 0.2) is 0 Å². The van der Waals surface area contributed by atoms with E-state index in [0.717, 1.165) is 25.5 Å². The summed E-state index contributed by atoms with van der Waals surface area (Å²) < 4.78 is 37.7. The smallest absolute Gasteiger partial charge is 0.396 e. The van der Waals surface area contributed by atoms with E-state index >= 15 is 0 Å². The van der Waals surface area contributed by atoms with Gasteiger partial charge in [0.25, 0.3) is 0 Å². The normalized spacial score (nSPS) is 21.1. The number of aromatic nitrogens is 1. The maximum absolute atomic E-state index is 12.6. The molecule has 0 aromatic carbocycles. The van der Waals surface area contributed by atoms with Crippen molar-refractivity contribution >= 4 is 5.69 Å². The van der Waals surface area contributed by atoms with Gasteiger partial charge in [-0.25, -0.2) is 0 Å². The Hall–Kier alpha value is -1.30. The molecule has 1 saturated heterocycles. The fraction of sp³-hybridized carbons (Fsp3) is 0.583. The van der Waals surface area contributed by atoms with Crippen molar-refractivity contribution in [1.29, 1.82) is 0 Å². The number of anilines is 1. The summed E-state index contributed by atoms with van der Waals surface area (Å²) in [4.78, 5) is 5.22. The average molecular weight is 260 g/mol. The second kappa shape index (κ2) is 5.14. The molecule has 0 bridgehead atoms. The van der Waals surface area contributed by atoms with Gasteiger partial charge in [0.05, 0.1) is 0 Å². The Bertz CT molecular complexity index is 409. The van der Waals surface area contributed by atoms with Crippen LogP contribution in [-0.2, 0) is 6.18 Å². The van der Waals surface area contributed by atoms with Gasteiger partial charge in [0, 0.05) is 31.6 Å². The zero-order valence-electron chi connectivity index (χ0n) is 9.82. The summed E-state index contributed by atoms with van der Waals surface area (Å²) in [5.74, 6) is 0.140. The maximum Gasteiger partial charge on any atom is 0.433 e. The van der Waals surface area contributed by atoms with E-state index in [0.29, 0.717) is 12.2 Å². The van der Waals surface area contributed by atoms with Crippen molar-refractivity contribution in [3.8, 4) is 0 Å². The highest BCUT2D eigenvalue weighted by Crippen LogP contribution is 2.31. The molecule has 1 aliphatic rings. The van der Waals surface area contributed by atoms with Gasteiger partial charge in [0.2, 0.25) is 0 Å². The molecule has 0 saturated carbocycles. The highest BCUT2D eigenvalue weighted by molar-refractivity contribution is 5.47. The van der Waals surface area contributed by atoms with Crippen molar-refractivity contribution in [3.05, 3.63) is 24.0 Å². The number of pyridine rings is 1. The van der Waals surface area contributed by atoms with Gasteiger partial charge in [-0.05, 0) is 30.9 Å². The Morgan fingerprint density at radius 1 is 1.44 bits per heavy atom. The monoisotopic (exact) mass is 260 g/mol. The number of piperidine rings is 1. The third-order valence-electron chi connectivity index (χ3n) is 3.18. The quantitative estimate of drug-likeness (QED) is 0.886. The van der Waals surface area contributed by atoms with Crippen LogP contribution in [0, 0.1) is 5.92 Å². The van der Waals surface area contributed by atoms with Gasteiger partial charge in [-0.3, -0.25) is 4.98 Å². The molecule has 1 aliphatic heterocycles. The van der Waals surface area contributed by atoms with Crippen molar-refractivity contribution < 1.29 is 18.3 Å². The van der Waals surface area contributed by atoms with Gasteiger partial charge >= 0.3 is 6.18 Å². The second-order valence-electron chi connectivity index (χ2n) is 4.53. The number of halogens is 3.